The van der Waals surface area contributed by atoms with Crippen LogP contribution in [0, 0.1) is 13.8 Å². The van der Waals surface area contributed by atoms with Crippen LogP contribution in [0.1, 0.15) is 35.3 Å². The highest BCUT2D eigenvalue weighted by molar-refractivity contribution is 6.29. The molecular formula is C15H22ClN5O. The Morgan fingerprint density at radius 3 is 2.77 bits per heavy atom. The quantitative estimate of drug-likeness (QED) is 0.935. The smallest absolute Gasteiger partial charge is 0.128 e. The molecule has 0 amide bonds. The van der Waals surface area contributed by atoms with Gasteiger partial charge in [-0.1, -0.05) is 11.6 Å². The first-order chi connectivity index (χ1) is 10.5. The maximum atomic E-state index is 6.03. The van der Waals surface area contributed by atoms with Crippen LogP contribution in [-0.2, 0) is 25.4 Å². The molecule has 1 aliphatic rings. The summed E-state index contributed by atoms with van der Waals surface area (Å²) in [7, 11) is 3.89. The molecule has 2 aromatic heterocycles. The molecule has 2 aromatic rings. The van der Waals surface area contributed by atoms with Crippen molar-refractivity contribution in [3.8, 4) is 0 Å². The van der Waals surface area contributed by atoms with Crippen molar-refractivity contribution in [3.63, 3.8) is 0 Å². The second kappa shape index (κ2) is 6.02. The molecule has 0 unspecified atom stereocenters. The minimum Gasteiger partial charge on any atom is -0.372 e. The van der Waals surface area contributed by atoms with E-state index in [2.05, 4.69) is 22.3 Å². The first kappa shape index (κ1) is 15.5. The predicted octanol–water partition coefficient (Wildman–Crippen LogP) is 2.04. The van der Waals surface area contributed by atoms with Gasteiger partial charge >= 0.3 is 0 Å². The summed E-state index contributed by atoms with van der Waals surface area (Å²) in [5.41, 5.74) is 3.41. The van der Waals surface area contributed by atoms with Crippen molar-refractivity contribution in [3.05, 3.63) is 34.1 Å². The molecule has 1 N–H and O–H groups in total. The summed E-state index contributed by atoms with van der Waals surface area (Å²) in [6.07, 6.45) is 2.71. The van der Waals surface area contributed by atoms with Gasteiger partial charge in [0.05, 0.1) is 18.4 Å². The normalized spacial score (nSPS) is 21.7. The van der Waals surface area contributed by atoms with E-state index >= 15 is 0 Å². The number of hydrogen-bond donors (Lipinski definition) is 1. The molecule has 1 fully saturated rings. The number of imidazole rings is 1. The van der Waals surface area contributed by atoms with E-state index in [1.165, 1.54) is 5.56 Å². The fourth-order valence-electron chi connectivity index (χ4n) is 3.10. The third kappa shape index (κ3) is 2.66. The van der Waals surface area contributed by atoms with E-state index in [0.29, 0.717) is 11.7 Å². The molecule has 1 aliphatic heterocycles. The van der Waals surface area contributed by atoms with E-state index in [1.807, 2.05) is 30.3 Å². The lowest BCUT2D eigenvalue weighted by Crippen LogP contribution is -2.32. The van der Waals surface area contributed by atoms with Crippen molar-refractivity contribution in [2.75, 3.05) is 6.61 Å². The van der Waals surface area contributed by atoms with Gasteiger partial charge in [0.2, 0.25) is 0 Å². The molecule has 7 heteroatoms. The van der Waals surface area contributed by atoms with Gasteiger partial charge in [0.25, 0.3) is 0 Å². The van der Waals surface area contributed by atoms with Gasteiger partial charge in [0.1, 0.15) is 17.1 Å². The molecule has 2 atom stereocenters. The monoisotopic (exact) mass is 323 g/mol. The number of aromatic nitrogens is 4. The van der Waals surface area contributed by atoms with Crippen LogP contribution in [0.4, 0.5) is 0 Å². The van der Waals surface area contributed by atoms with Crippen LogP contribution in [0.5, 0.6) is 0 Å². The fraction of sp³-hybridized carbons (Fsp3) is 0.600. The Labute approximate surface area is 135 Å². The third-order valence-electron chi connectivity index (χ3n) is 4.49. The third-order valence-corrected chi connectivity index (χ3v) is 4.84. The van der Waals surface area contributed by atoms with Crippen LogP contribution >= 0.6 is 11.6 Å². The number of aryl methyl sites for hydroxylation is 2. The lowest BCUT2D eigenvalue weighted by molar-refractivity contribution is 0.0972. The molecule has 0 saturated carbocycles. The van der Waals surface area contributed by atoms with E-state index in [4.69, 9.17) is 16.3 Å². The Hall–Kier alpha value is -1.37. The summed E-state index contributed by atoms with van der Waals surface area (Å²) in [6, 6.07) is 0.261. The Morgan fingerprint density at radius 1 is 1.41 bits per heavy atom. The summed E-state index contributed by atoms with van der Waals surface area (Å²) >= 11 is 6.03. The van der Waals surface area contributed by atoms with E-state index < -0.39 is 0 Å². The first-order valence-electron chi connectivity index (χ1n) is 7.50. The first-order valence-corrected chi connectivity index (χ1v) is 7.88. The van der Waals surface area contributed by atoms with E-state index in [-0.39, 0.29) is 12.1 Å². The van der Waals surface area contributed by atoms with Crippen molar-refractivity contribution in [2.45, 2.75) is 39.0 Å². The number of ether oxygens (including phenoxy) is 1. The van der Waals surface area contributed by atoms with Crippen molar-refractivity contribution >= 4 is 11.6 Å². The van der Waals surface area contributed by atoms with Gasteiger partial charge in [-0.05, 0) is 20.3 Å². The Bertz CT molecular complexity index is 678. The van der Waals surface area contributed by atoms with Gasteiger partial charge in [-0.3, -0.25) is 4.68 Å². The number of rotatable bonds is 4. The second-order valence-corrected chi connectivity index (χ2v) is 6.22. The molecule has 0 aliphatic carbocycles. The van der Waals surface area contributed by atoms with Crippen molar-refractivity contribution < 1.29 is 4.74 Å². The zero-order valence-electron chi connectivity index (χ0n) is 13.4. The standard InChI is InChI=1S/C15H22ClN5O/c1-9-14(10(2)21(4)19-9)15-11(5-6-22-15)17-8-13-18-7-12(16)20(13)3/h7,11,15,17H,5-6,8H2,1-4H3/t11-,15-/m0/s1. The van der Waals surface area contributed by atoms with Crippen LogP contribution in [0.2, 0.25) is 5.15 Å². The molecule has 3 rings (SSSR count). The number of halogens is 1. The van der Waals surface area contributed by atoms with E-state index in [1.54, 1.807) is 6.20 Å². The van der Waals surface area contributed by atoms with Crippen LogP contribution in [0.3, 0.4) is 0 Å². The van der Waals surface area contributed by atoms with Crippen LogP contribution < -0.4 is 5.32 Å². The molecule has 6 nitrogen and oxygen atoms in total. The number of hydrogen-bond acceptors (Lipinski definition) is 4. The lowest BCUT2D eigenvalue weighted by atomic mass is 10.0. The fourth-order valence-corrected chi connectivity index (χ4v) is 3.24. The highest BCUT2D eigenvalue weighted by atomic mass is 35.5. The minimum atomic E-state index is 0.0458. The topological polar surface area (TPSA) is 56.9 Å². The zero-order chi connectivity index (χ0) is 15.9. The van der Waals surface area contributed by atoms with E-state index in [9.17, 15) is 0 Å². The van der Waals surface area contributed by atoms with Gasteiger partial charge in [-0.15, -0.1) is 0 Å². The number of nitrogens with one attached hydrogen (secondary N) is 1. The second-order valence-electron chi connectivity index (χ2n) is 5.83. The van der Waals surface area contributed by atoms with Gasteiger partial charge in [0, 0.05) is 38.0 Å². The average molecular weight is 324 g/mol. The Morgan fingerprint density at radius 2 is 2.18 bits per heavy atom. The molecule has 0 spiro atoms. The highest BCUT2D eigenvalue weighted by Crippen LogP contribution is 2.33. The van der Waals surface area contributed by atoms with E-state index in [0.717, 1.165) is 30.2 Å². The van der Waals surface area contributed by atoms with Crippen LogP contribution in [-0.4, -0.2) is 32.0 Å². The Kier molecular flexibility index (Phi) is 4.25. The number of nitrogens with zero attached hydrogens (tertiary/aromatic N) is 4. The molecule has 120 valence electrons. The molecule has 22 heavy (non-hydrogen) atoms. The summed E-state index contributed by atoms with van der Waals surface area (Å²) in [6.45, 7) is 5.57. The Balaban J connectivity index is 1.75. The van der Waals surface area contributed by atoms with Crippen molar-refractivity contribution in [2.24, 2.45) is 14.1 Å². The summed E-state index contributed by atoms with van der Waals surface area (Å²) in [5, 5.41) is 8.71. The van der Waals surface area contributed by atoms with Crippen molar-refractivity contribution in [1.82, 2.24) is 24.6 Å². The van der Waals surface area contributed by atoms with Gasteiger partial charge in [-0.2, -0.15) is 5.10 Å². The zero-order valence-corrected chi connectivity index (χ0v) is 14.2. The van der Waals surface area contributed by atoms with Crippen LogP contribution in [0.15, 0.2) is 6.20 Å². The molecular weight excluding hydrogens is 302 g/mol. The average Bonchev–Trinajstić information content (AvgIpc) is 3.12. The SMILES string of the molecule is Cc1nn(C)c(C)c1[C@H]1OCC[C@@H]1NCc1ncc(Cl)n1C. The minimum absolute atomic E-state index is 0.0458. The summed E-state index contributed by atoms with van der Waals surface area (Å²) in [4.78, 5) is 4.32. The van der Waals surface area contributed by atoms with Gasteiger partial charge < -0.3 is 14.6 Å². The maximum Gasteiger partial charge on any atom is 0.128 e. The van der Waals surface area contributed by atoms with Crippen LogP contribution in [0.25, 0.3) is 0 Å². The predicted molar refractivity (Wildman–Crippen MR) is 84.8 cm³/mol. The molecule has 1 saturated heterocycles. The lowest BCUT2D eigenvalue weighted by Gasteiger charge is -2.20. The molecule has 0 radical (unpaired) electrons. The molecule has 0 bridgehead atoms. The van der Waals surface area contributed by atoms with Crippen molar-refractivity contribution in [1.29, 1.82) is 0 Å². The summed E-state index contributed by atoms with van der Waals surface area (Å²) in [5.74, 6) is 0.926. The highest BCUT2D eigenvalue weighted by Gasteiger charge is 2.33. The maximum absolute atomic E-state index is 6.03. The van der Waals surface area contributed by atoms with Gasteiger partial charge in [-0.25, -0.2) is 4.98 Å². The molecule has 3 heterocycles. The molecule has 0 aromatic carbocycles. The van der Waals surface area contributed by atoms with Gasteiger partial charge in [0.15, 0.2) is 0 Å². The largest absolute Gasteiger partial charge is 0.372 e. The summed E-state index contributed by atoms with van der Waals surface area (Å²) < 4.78 is 9.79.